The summed E-state index contributed by atoms with van der Waals surface area (Å²) in [6, 6.07) is 35.0. The minimum Gasteiger partial charge on any atom is -0.497 e. The minimum atomic E-state index is -1.49. The summed E-state index contributed by atoms with van der Waals surface area (Å²) in [5, 5.41) is 26.1. The highest BCUT2D eigenvalue weighted by molar-refractivity contribution is 5.69. The van der Waals surface area contributed by atoms with E-state index in [2.05, 4.69) is 5.32 Å². The van der Waals surface area contributed by atoms with Gasteiger partial charge in [0, 0.05) is 5.92 Å². The minimum absolute atomic E-state index is 0.00400. The number of benzene rings is 4. The van der Waals surface area contributed by atoms with E-state index in [1.807, 2.05) is 109 Å². The quantitative estimate of drug-likeness (QED) is 0.0428. The number of nitrogens with one attached hydrogen (secondary N) is 1. The first kappa shape index (κ1) is 44.8. The molecule has 4 aromatic rings. The average molecular weight is 826 g/mol. The van der Waals surface area contributed by atoms with Crippen LogP contribution in [0, 0.1) is 5.92 Å². The van der Waals surface area contributed by atoms with Crippen molar-refractivity contribution in [2.24, 2.45) is 5.92 Å². The second kappa shape index (κ2) is 19.3. The molecule has 0 radical (unpaired) electrons. The molecule has 322 valence electrons. The van der Waals surface area contributed by atoms with Gasteiger partial charge >= 0.3 is 6.09 Å². The summed E-state index contributed by atoms with van der Waals surface area (Å²) in [4.78, 5) is 14.2. The van der Waals surface area contributed by atoms with Crippen molar-refractivity contribution in [3.05, 3.63) is 143 Å². The average Bonchev–Trinajstić information content (AvgIpc) is 3.60. The lowest BCUT2D eigenvalue weighted by molar-refractivity contribution is -0.176. The molecule has 1 amide bonds. The molecule has 0 spiro atoms. The predicted molar refractivity (Wildman–Crippen MR) is 226 cm³/mol. The van der Waals surface area contributed by atoms with Gasteiger partial charge in [-0.1, -0.05) is 84.9 Å². The van der Waals surface area contributed by atoms with E-state index < -0.39 is 59.5 Å². The van der Waals surface area contributed by atoms with Crippen molar-refractivity contribution in [2.45, 2.75) is 88.5 Å². The van der Waals surface area contributed by atoms with Crippen molar-refractivity contribution in [3.63, 3.8) is 0 Å². The number of carbonyl (C=O) groups excluding carboxylic acids is 1. The Kier molecular flexibility index (Phi) is 14.4. The molecule has 1 fully saturated rings. The molecular weight excluding hydrogens is 767 g/mol. The molecule has 12 nitrogen and oxygen atoms in total. The van der Waals surface area contributed by atoms with Crippen molar-refractivity contribution >= 4 is 6.09 Å². The van der Waals surface area contributed by atoms with Crippen molar-refractivity contribution in [1.29, 1.82) is 0 Å². The maximum Gasteiger partial charge on any atom is 0.408 e. The SMILES string of the molecule is COc1ccc(C(OCC[C@@]2(NC(=O)OC(C)(C)C)[C@@H]([C@H]3COC(C)(C)O3)[C@H](O)C(CO)=C[C@H]2OCOCc2ccccc2)(c2ccccc2)c2ccc(OC)cc2)cc1. The number of aliphatic hydroxyl groups is 2. The molecule has 1 heterocycles. The molecule has 2 aliphatic rings. The van der Waals surface area contributed by atoms with E-state index in [4.69, 9.17) is 37.9 Å². The van der Waals surface area contributed by atoms with Crippen LogP contribution in [0.2, 0.25) is 0 Å². The molecule has 0 bridgehead atoms. The smallest absolute Gasteiger partial charge is 0.408 e. The Labute approximate surface area is 353 Å². The van der Waals surface area contributed by atoms with Crippen molar-refractivity contribution < 1.29 is 52.9 Å². The Hall–Kier alpha value is -4.79. The standard InChI is InChI=1S/C48H59NO11/c1-45(2,3)60-44(52)49-47(41(56-32-55-30-33-14-10-8-11-15-33)28-34(29-50)43(51)42(47)40-31-58-46(4,5)59-40)26-27-57-48(35-16-12-9-13-17-35,36-18-22-38(53-6)23-19-36)37-20-24-39(54-7)25-21-37/h8-25,28,40-43,50-51H,26-27,29-32H2,1-7H3,(H,49,52)/t40-,41-,42+,43-,47+/m1/s1. The number of ether oxygens (including phenoxy) is 8. The van der Waals surface area contributed by atoms with Crippen LogP contribution in [0.15, 0.2) is 121 Å². The Morgan fingerprint density at radius 1 is 0.833 bits per heavy atom. The van der Waals surface area contributed by atoms with E-state index in [9.17, 15) is 15.0 Å². The molecule has 60 heavy (non-hydrogen) atoms. The van der Waals surface area contributed by atoms with Crippen molar-refractivity contribution in [3.8, 4) is 11.5 Å². The van der Waals surface area contributed by atoms with Crippen LogP contribution in [0.25, 0.3) is 0 Å². The summed E-state index contributed by atoms with van der Waals surface area (Å²) >= 11 is 0. The molecule has 4 aromatic carbocycles. The third-order valence-corrected chi connectivity index (χ3v) is 11.0. The molecular formula is C48H59NO11. The zero-order valence-corrected chi connectivity index (χ0v) is 35.6. The molecule has 1 aliphatic carbocycles. The van der Waals surface area contributed by atoms with Gasteiger partial charge in [0.2, 0.25) is 0 Å². The second-order valence-electron chi connectivity index (χ2n) is 16.5. The van der Waals surface area contributed by atoms with Gasteiger partial charge in [0.25, 0.3) is 0 Å². The molecule has 6 rings (SSSR count). The Morgan fingerprint density at radius 2 is 1.40 bits per heavy atom. The van der Waals surface area contributed by atoms with Crippen LogP contribution in [0.4, 0.5) is 4.79 Å². The largest absolute Gasteiger partial charge is 0.497 e. The van der Waals surface area contributed by atoms with Crippen LogP contribution in [0.1, 0.15) is 63.3 Å². The van der Waals surface area contributed by atoms with Crippen LogP contribution in [0.3, 0.4) is 0 Å². The zero-order chi connectivity index (χ0) is 43.0. The molecule has 0 aromatic heterocycles. The van der Waals surface area contributed by atoms with Gasteiger partial charge in [-0.25, -0.2) is 4.79 Å². The van der Waals surface area contributed by atoms with Crippen LogP contribution in [-0.4, -0.2) is 92.4 Å². The fourth-order valence-electron chi connectivity index (χ4n) is 8.24. The third kappa shape index (κ3) is 10.2. The summed E-state index contributed by atoms with van der Waals surface area (Å²) in [5.74, 6) is -0.579. The molecule has 0 saturated carbocycles. The molecule has 12 heteroatoms. The Balaban J connectivity index is 1.48. The van der Waals surface area contributed by atoms with Gasteiger partial charge < -0.3 is 53.4 Å². The molecule has 3 N–H and O–H groups in total. The van der Waals surface area contributed by atoms with Gasteiger partial charge in [-0.2, -0.15) is 0 Å². The van der Waals surface area contributed by atoms with E-state index in [1.54, 1.807) is 54.9 Å². The van der Waals surface area contributed by atoms with Gasteiger partial charge in [0.05, 0.1) is 58.4 Å². The first-order chi connectivity index (χ1) is 28.7. The monoisotopic (exact) mass is 825 g/mol. The second-order valence-corrected chi connectivity index (χ2v) is 16.5. The van der Waals surface area contributed by atoms with E-state index in [0.717, 1.165) is 22.3 Å². The molecule has 0 unspecified atom stereocenters. The number of alkyl carbamates (subject to hydrolysis) is 1. The summed E-state index contributed by atoms with van der Waals surface area (Å²) in [7, 11) is 3.24. The fourth-order valence-corrected chi connectivity index (χ4v) is 8.24. The van der Waals surface area contributed by atoms with E-state index >= 15 is 0 Å². The number of hydrogen-bond donors (Lipinski definition) is 3. The van der Waals surface area contributed by atoms with Gasteiger partial charge in [-0.05, 0) is 99.2 Å². The van der Waals surface area contributed by atoms with Crippen molar-refractivity contribution in [2.75, 3.05) is 40.8 Å². The maximum absolute atomic E-state index is 14.2. The lowest BCUT2D eigenvalue weighted by Crippen LogP contribution is -2.70. The van der Waals surface area contributed by atoms with E-state index in [0.29, 0.717) is 17.1 Å². The lowest BCUT2D eigenvalue weighted by Gasteiger charge is -2.52. The first-order valence-corrected chi connectivity index (χ1v) is 20.3. The highest BCUT2D eigenvalue weighted by Gasteiger charge is 2.59. The summed E-state index contributed by atoms with van der Waals surface area (Å²) in [6.07, 6.45) is -2.06. The highest BCUT2D eigenvalue weighted by atomic mass is 16.7. The normalized spacial score (nSPS) is 22.8. The van der Waals surface area contributed by atoms with Crippen LogP contribution >= 0.6 is 0 Å². The lowest BCUT2D eigenvalue weighted by atomic mass is 9.65. The third-order valence-electron chi connectivity index (χ3n) is 11.0. The van der Waals surface area contributed by atoms with Crippen LogP contribution in [-0.2, 0) is 40.6 Å². The number of hydrogen-bond acceptors (Lipinski definition) is 11. The van der Waals surface area contributed by atoms with Crippen molar-refractivity contribution in [1.82, 2.24) is 5.32 Å². The predicted octanol–water partition coefficient (Wildman–Crippen LogP) is 7.29. The van der Waals surface area contributed by atoms with Gasteiger partial charge in [-0.3, -0.25) is 0 Å². The molecule has 1 saturated heterocycles. The highest BCUT2D eigenvalue weighted by Crippen LogP contribution is 2.46. The van der Waals surface area contributed by atoms with E-state index in [1.165, 1.54) is 0 Å². The summed E-state index contributed by atoms with van der Waals surface area (Å²) in [6.45, 7) is 8.62. The van der Waals surface area contributed by atoms with Gasteiger partial charge in [0.1, 0.15) is 35.6 Å². The number of methoxy groups -OCH3 is 2. The molecule has 5 atom stereocenters. The van der Waals surface area contributed by atoms with Gasteiger partial charge in [0.15, 0.2) is 5.79 Å². The number of aliphatic hydroxyl groups excluding tert-OH is 2. The Bertz CT molecular complexity index is 1950. The maximum atomic E-state index is 14.2. The van der Waals surface area contributed by atoms with Gasteiger partial charge in [-0.15, -0.1) is 0 Å². The number of carbonyl (C=O) groups is 1. The fraction of sp³-hybridized carbons (Fsp3) is 0.438. The molecule has 1 aliphatic heterocycles. The first-order valence-electron chi connectivity index (χ1n) is 20.3. The summed E-state index contributed by atoms with van der Waals surface area (Å²) in [5.41, 5.74) is 0.156. The van der Waals surface area contributed by atoms with Crippen LogP contribution in [0.5, 0.6) is 11.5 Å². The number of rotatable bonds is 17. The Morgan fingerprint density at radius 3 is 1.92 bits per heavy atom. The van der Waals surface area contributed by atoms with E-state index in [-0.39, 0.29) is 33.0 Å². The van der Waals surface area contributed by atoms with Crippen LogP contribution < -0.4 is 14.8 Å². The zero-order valence-electron chi connectivity index (χ0n) is 35.6. The summed E-state index contributed by atoms with van der Waals surface area (Å²) < 4.78 is 49.5. The number of amides is 1. The topological polar surface area (TPSA) is 143 Å².